The van der Waals surface area contributed by atoms with Gasteiger partial charge in [-0.2, -0.15) is 0 Å². The Labute approximate surface area is 190 Å². The van der Waals surface area contributed by atoms with Crippen LogP contribution >= 0.6 is 0 Å². The molecule has 0 spiro atoms. The quantitative estimate of drug-likeness (QED) is 0.439. The van der Waals surface area contributed by atoms with Gasteiger partial charge in [0.1, 0.15) is 11.4 Å². The van der Waals surface area contributed by atoms with Gasteiger partial charge >= 0.3 is 11.7 Å². The number of nitrogens with two attached hydrogens (primary N) is 1. The Morgan fingerprint density at radius 2 is 1.73 bits per heavy atom. The molecule has 170 valence electrons. The summed E-state index contributed by atoms with van der Waals surface area (Å²) in [5.74, 6) is -1.64. The fourth-order valence-corrected chi connectivity index (χ4v) is 4.16. The van der Waals surface area contributed by atoms with Gasteiger partial charge in [0.25, 0.3) is 5.56 Å². The Morgan fingerprint density at radius 1 is 1.00 bits per heavy atom. The van der Waals surface area contributed by atoms with Gasteiger partial charge in [-0.25, -0.2) is 9.59 Å². The summed E-state index contributed by atoms with van der Waals surface area (Å²) in [5, 5.41) is 0. The minimum absolute atomic E-state index is 0.0714. The second-order valence-corrected chi connectivity index (χ2v) is 8.00. The number of carbonyl (C=O) groups excluding carboxylic acids is 2. The number of Topliss-reactive ketones (excluding diaryl/α,β-unsaturated/α-hetero) is 1. The van der Waals surface area contributed by atoms with Crippen LogP contribution in [0.2, 0.25) is 0 Å². The number of anilines is 1. The lowest BCUT2D eigenvalue weighted by molar-refractivity contribution is 0.0474. The molecule has 8 nitrogen and oxygen atoms in total. The maximum atomic E-state index is 12.9. The second-order valence-electron chi connectivity index (χ2n) is 8.00. The molecule has 1 heterocycles. The first-order valence-corrected chi connectivity index (χ1v) is 10.9. The van der Waals surface area contributed by atoms with E-state index in [1.807, 2.05) is 36.4 Å². The molecule has 0 fully saturated rings. The number of hydrogen-bond donors (Lipinski definition) is 1. The van der Waals surface area contributed by atoms with Gasteiger partial charge in [0.2, 0.25) is 5.78 Å². The molecule has 0 saturated heterocycles. The van der Waals surface area contributed by atoms with Crippen LogP contribution in [0.25, 0.3) is 0 Å². The van der Waals surface area contributed by atoms with Gasteiger partial charge in [0.05, 0.1) is 12.1 Å². The van der Waals surface area contributed by atoms with Gasteiger partial charge < -0.3 is 10.5 Å². The molecular weight excluding hydrogens is 422 g/mol. The molecule has 1 aliphatic rings. The zero-order chi connectivity index (χ0) is 23.5. The van der Waals surface area contributed by atoms with Crippen LogP contribution < -0.4 is 17.0 Å². The Bertz CT molecular complexity index is 1340. The average molecular weight is 447 g/mol. The number of aryl methyl sites for hydroxylation is 2. The lowest BCUT2D eigenvalue weighted by atomic mass is 10.1. The molecule has 0 unspecified atom stereocenters. The number of fused-ring (bicyclic) bond motifs is 1. The molecule has 1 aliphatic carbocycles. The highest BCUT2D eigenvalue weighted by Gasteiger charge is 2.24. The average Bonchev–Trinajstić information content (AvgIpc) is 3.29. The van der Waals surface area contributed by atoms with Crippen molar-refractivity contribution in [3.05, 3.63) is 97.2 Å². The molecule has 0 radical (unpaired) electrons. The van der Waals surface area contributed by atoms with Crippen LogP contribution in [-0.2, 0) is 30.7 Å². The van der Waals surface area contributed by atoms with E-state index in [-0.39, 0.29) is 24.5 Å². The Balaban J connectivity index is 1.60. The highest BCUT2D eigenvalue weighted by molar-refractivity contribution is 6.02. The molecule has 4 rings (SSSR count). The van der Waals surface area contributed by atoms with E-state index in [0.29, 0.717) is 5.56 Å². The molecule has 8 heteroatoms. The first kappa shape index (κ1) is 22.3. The predicted molar refractivity (Wildman–Crippen MR) is 124 cm³/mol. The summed E-state index contributed by atoms with van der Waals surface area (Å²) < 4.78 is 7.34. The van der Waals surface area contributed by atoms with Crippen molar-refractivity contribution in [2.24, 2.45) is 0 Å². The summed E-state index contributed by atoms with van der Waals surface area (Å²) in [7, 11) is 0. The zero-order valence-corrected chi connectivity index (χ0v) is 18.4. The smallest absolute Gasteiger partial charge is 0.338 e. The maximum Gasteiger partial charge on any atom is 0.338 e. The molecular formula is C25H25N3O5. The SMILES string of the molecule is CCn1c(=O)c(C(=O)COC(=O)c2ccc3c(c2)CCC3)c(N)n(Cc2ccccc2)c1=O. The number of ether oxygens (including phenoxy) is 1. The summed E-state index contributed by atoms with van der Waals surface area (Å²) >= 11 is 0. The van der Waals surface area contributed by atoms with E-state index in [4.69, 9.17) is 10.5 Å². The number of aromatic nitrogens is 2. The van der Waals surface area contributed by atoms with Crippen LogP contribution in [0.15, 0.2) is 58.1 Å². The topological polar surface area (TPSA) is 113 Å². The third-order valence-electron chi connectivity index (χ3n) is 5.91. The molecule has 0 aliphatic heterocycles. The molecule has 3 aromatic rings. The highest BCUT2D eigenvalue weighted by Crippen LogP contribution is 2.23. The third-order valence-corrected chi connectivity index (χ3v) is 5.91. The van der Waals surface area contributed by atoms with E-state index in [2.05, 4.69) is 0 Å². The lowest BCUT2D eigenvalue weighted by Gasteiger charge is -2.16. The van der Waals surface area contributed by atoms with E-state index < -0.39 is 29.6 Å². The van der Waals surface area contributed by atoms with Gasteiger partial charge in [-0.1, -0.05) is 36.4 Å². The van der Waals surface area contributed by atoms with Gasteiger partial charge in [0, 0.05) is 6.54 Å². The van der Waals surface area contributed by atoms with E-state index in [1.54, 1.807) is 19.1 Å². The standard InChI is InChI=1S/C25H25N3O5/c1-2-27-23(30)21(22(26)28(25(27)32)14-16-7-4-3-5-8-16)20(29)15-33-24(31)19-12-11-17-9-6-10-18(17)13-19/h3-5,7-8,11-13H,2,6,9-10,14-15,26H2,1H3. The molecule has 0 bridgehead atoms. The van der Waals surface area contributed by atoms with Crippen molar-refractivity contribution in [1.29, 1.82) is 0 Å². The second kappa shape index (κ2) is 9.28. The monoisotopic (exact) mass is 447 g/mol. The number of ketones is 1. The number of esters is 1. The maximum absolute atomic E-state index is 12.9. The number of benzene rings is 2. The fourth-order valence-electron chi connectivity index (χ4n) is 4.16. The molecule has 2 aromatic carbocycles. The number of nitrogen functional groups attached to an aromatic ring is 1. The Hall–Kier alpha value is -3.94. The van der Waals surface area contributed by atoms with Crippen molar-refractivity contribution in [2.45, 2.75) is 39.3 Å². The van der Waals surface area contributed by atoms with E-state index in [0.717, 1.165) is 35.0 Å². The summed E-state index contributed by atoms with van der Waals surface area (Å²) in [6, 6.07) is 14.5. The number of rotatable bonds is 7. The summed E-state index contributed by atoms with van der Waals surface area (Å²) in [5.41, 5.74) is 7.85. The Morgan fingerprint density at radius 3 is 2.45 bits per heavy atom. The van der Waals surface area contributed by atoms with Gasteiger partial charge in [-0.15, -0.1) is 0 Å². The van der Waals surface area contributed by atoms with Crippen LogP contribution in [-0.4, -0.2) is 27.5 Å². The normalized spacial score (nSPS) is 12.4. The van der Waals surface area contributed by atoms with Crippen molar-refractivity contribution < 1.29 is 14.3 Å². The van der Waals surface area contributed by atoms with Gasteiger partial charge in [-0.3, -0.25) is 18.7 Å². The molecule has 2 N–H and O–H groups in total. The minimum Gasteiger partial charge on any atom is -0.454 e. The van der Waals surface area contributed by atoms with Crippen LogP contribution in [0.5, 0.6) is 0 Å². The molecule has 33 heavy (non-hydrogen) atoms. The van der Waals surface area contributed by atoms with Gasteiger partial charge in [0.15, 0.2) is 6.61 Å². The van der Waals surface area contributed by atoms with E-state index in [1.165, 1.54) is 10.1 Å². The van der Waals surface area contributed by atoms with E-state index >= 15 is 0 Å². The molecule has 0 saturated carbocycles. The zero-order valence-electron chi connectivity index (χ0n) is 18.4. The predicted octanol–water partition coefficient (Wildman–Crippen LogP) is 2.19. The minimum atomic E-state index is -0.789. The highest BCUT2D eigenvalue weighted by atomic mass is 16.5. The fraction of sp³-hybridized carbons (Fsp3) is 0.280. The van der Waals surface area contributed by atoms with Crippen molar-refractivity contribution >= 4 is 17.6 Å². The van der Waals surface area contributed by atoms with Crippen LogP contribution in [0.1, 0.15) is 50.8 Å². The molecule has 0 amide bonds. The van der Waals surface area contributed by atoms with Crippen molar-refractivity contribution in [3.63, 3.8) is 0 Å². The van der Waals surface area contributed by atoms with Gasteiger partial charge in [-0.05, 0) is 55.0 Å². The largest absolute Gasteiger partial charge is 0.454 e. The third kappa shape index (κ3) is 4.37. The summed E-state index contributed by atoms with van der Waals surface area (Å²) in [4.78, 5) is 51.1. The van der Waals surface area contributed by atoms with Crippen LogP contribution in [0, 0.1) is 0 Å². The molecule has 0 atom stereocenters. The number of carbonyl (C=O) groups is 2. The first-order chi connectivity index (χ1) is 15.9. The van der Waals surface area contributed by atoms with Crippen molar-refractivity contribution in [1.82, 2.24) is 9.13 Å². The van der Waals surface area contributed by atoms with E-state index in [9.17, 15) is 19.2 Å². The number of nitrogens with zero attached hydrogens (tertiary/aromatic N) is 2. The van der Waals surface area contributed by atoms with Crippen LogP contribution in [0.4, 0.5) is 5.82 Å². The van der Waals surface area contributed by atoms with Crippen molar-refractivity contribution in [3.8, 4) is 0 Å². The number of hydrogen-bond acceptors (Lipinski definition) is 6. The lowest BCUT2D eigenvalue weighted by Crippen LogP contribution is -2.44. The summed E-state index contributed by atoms with van der Waals surface area (Å²) in [6.07, 6.45) is 2.95. The summed E-state index contributed by atoms with van der Waals surface area (Å²) in [6.45, 7) is 1.15. The molecule has 1 aromatic heterocycles. The van der Waals surface area contributed by atoms with Crippen molar-refractivity contribution in [2.75, 3.05) is 12.3 Å². The Kier molecular flexibility index (Phi) is 6.26. The first-order valence-electron chi connectivity index (χ1n) is 10.9. The van der Waals surface area contributed by atoms with Crippen LogP contribution in [0.3, 0.4) is 0 Å².